The fourth-order valence-electron chi connectivity index (χ4n) is 5.02. The number of hydrogen-bond acceptors (Lipinski definition) is 0. The van der Waals surface area contributed by atoms with Gasteiger partial charge in [-0.25, -0.2) is 0 Å². The SMILES string of the molecule is C1=CC[C]([Hf+2][CH]2C(p3c4c(c5ccccc53)CCC4)=Cc3ccccc32)=C1.[Cl-].[Cl-]. The third kappa shape index (κ3) is 3.49. The first-order valence-electron chi connectivity index (χ1n) is 9.94. The van der Waals surface area contributed by atoms with E-state index in [0.29, 0.717) is 0 Å². The maximum Gasteiger partial charge on any atom is -1.00 e. The molecule has 0 bridgehead atoms. The Bertz CT molecular complexity index is 1170. The van der Waals surface area contributed by atoms with Crippen LogP contribution in [-0.4, -0.2) is 0 Å². The summed E-state index contributed by atoms with van der Waals surface area (Å²) >= 11 is -0.932. The van der Waals surface area contributed by atoms with E-state index in [1.54, 1.807) is 30.3 Å². The maximum atomic E-state index is 2.60. The van der Waals surface area contributed by atoms with Crippen LogP contribution in [0.3, 0.4) is 0 Å². The van der Waals surface area contributed by atoms with E-state index in [2.05, 4.69) is 72.8 Å². The van der Waals surface area contributed by atoms with Crippen molar-refractivity contribution in [3.05, 3.63) is 92.1 Å². The zero-order valence-corrected chi connectivity index (χ0v) is 22.0. The second-order valence-electron chi connectivity index (χ2n) is 7.73. The molecule has 0 fully saturated rings. The number of halogens is 2. The molecule has 29 heavy (non-hydrogen) atoms. The number of allylic oxidation sites excluding steroid dienone is 5. The molecule has 3 aromatic rings. The van der Waals surface area contributed by atoms with E-state index in [1.165, 1.54) is 31.2 Å². The van der Waals surface area contributed by atoms with E-state index < -0.39 is 22.9 Å². The van der Waals surface area contributed by atoms with Crippen LogP contribution in [0.2, 0.25) is 0 Å². The predicted molar refractivity (Wildman–Crippen MR) is 114 cm³/mol. The van der Waals surface area contributed by atoms with Crippen LogP contribution < -0.4 is 24.8 Å². The molecule has 0 radical (unpaired) electrons. The van der Waals surface area contributed by atoms with Crippen molar-refractivity contribution in [2.75, 3.05) is 0 Å². The zero-order chi connectivity index (χ0) is 17.8. The predicted octanol–water partition coefficient (Wildman–Crippen LogP) is 1.30. The van der Waals surface area contributed by atoms with E-state index in [9.17, 15) is 0 Å². The van der Waals surface area contributed by atoms with Crippen LogP contribution in [0.4, 0.5) is 0 Å². The van der Waals surface area contributed by atoms with E-state index in [0.717, 1.165) is 3.67 Å². The molecule has 6 rings (SSSR count). The van der Waals surface area contributed by atoms with Gasteiger partial charge < -0.3 is 24.8 Å². The molecule has 0 amide bonds. The summed E-state index contributed by atoms with van der Waals surface area (Å²) in [5.41, 5.74) is 4.85. The molecule has 3 aliphatic carbocycles. The molecule has 2 aromatic carbocycles. The third-order valence-electron chi connectivity index (χ3n) is 6.19. The maximum absolute atomic E-state index is 2.60. The van der Waals surface area contributed by atoms with Gasteiger partial charge in [-0.15, -0.1) is 0 Å². The number of fused-ring (bicyclic) bond motifs is 4. The zero-order valence-electron chi connectivity index (χ0n) is 16.0. The molecule has 0 N–H and O–H groups in total. The first-order valence-corrected chi connectivity index (χ1v) is 15.2. The molecule has 144 valence electrons. The van der Waals surface area contributed by atoms with Gasteiger partial charge in [0.25, 0.3) is 0 Å². The van der Waals surface area contributed by atoms with Crippen molar-refractivity contribution in [1.82, 2.24) is 0 Å². The van der Waals surface area contributed by atoms with E-state index in [1.807, 2.05) is 5.30 Å². The molecule has 3 aliphatic rings. The second kappa shape index (κ2) is 8.72. The molecule has 1 heterocycles. The minimum Gasteiger partial charge on any atom is -1.00 e. The molecule has 0 spiro atoms. The monoisotopic (exact) mass is 602 g/mol. The number of aryl methyl sites for hydroxylation is 1. The average Bonchev–Trinajstić information content (AvgIpc) is 3.46. The first-order chi connectivity index (χ1) is 13.4. The second-order valence-corrected chi connectivity index (χ2v) is 15.4. The molecular weight excluding hydrogens is 581 g/mol. The summed E-state index contributed by atoms with van der Waals surface area (Å²) in [6, 6.07) is 18.6. The molecule has 2 atom stereocenters. The van der Waals surface area contributed by atoms with E-state index in [4.69, 9.17) is 0 Å². The van der Waals surface area contributed by atoms with Gasteiger partial charge in [-0.3, -0.25) is 0 Å². The first kappa shape index (κ1) is 21.4. The van der Waals surface area contributed by atoms with Gasteiger partial charge in [0, 0.05) is 0 Å². The summed E-state index contributed by atoms with van der Waals surface area (Å²) in [5.74, 6) is 0. The van der Waals surface area contributed by atoms with Gasteiger partial charge in [0.05, 0.1) is 0 Å². The third-order valence-corrected chi connectivity index (χ3v) is 15.8. The topological polar surface area (TPSA) is 0 Å². The summed E-state index contributed by atoms with van der Waals surface area (Å²) < 4.78 is 2.53. The smallest absolute Gasteiger partial charge is 1.00 e. The Kier molecular flexibility index (Phi) is 6.43. The van der Waals surface area contributed by atoms with Crippen LogP contribution >= 0.6 is 7.53 Å². The number of rotatable bonds is 3. The van der Waals surface area contributed by atoms with Crippen molar-refractivity contribution in [2.45, 2.75) is 29.4 Å². The van der Waals surface area contributed by atoms with Crippen LogP contribution in [0.5, 0.6) is 0 Å². The van der Waals surface area contributed by atoms with Crippen molar-refractivity contribution in [1.29, 1.82) is 0 Å². The minimum atomic E-state index is -0.932. The standard InChI is InChI=1S/C20H16P.C5H5.2ClH.Hf/c1-2-7-15-13-16(12-14(15)6-1)21-19-10-4-3-8-17(19)18-9-5-11-20(18)21;1-2-4-5-3-1;;;/h1-4,6-8,10,12-13H,5,9,11H2;1-3H,4H2;2*1H;/q;;;;+2/p-2. The van der Waals surface area contributed by atoms with Gasteiger partial charge in [0.2, 0.25) is 0 Å². The van der Waals surface area contributed by atoms with E-state index >= 15 is 0 Å². The van der Waals surface area contributed by atoms with Crippen molar-refractivity contribution >= 4 is 29.4 Å². The molecular formula is C25H21Cl2HfP. The molecule has 2 unspecified atom stereocenters. The van der Waals surface area contributed by atoms with Crippen LogP contribution in [-0.2, 0) is 35.7 Å². The summed E-state index contributed by atoms with van der Waals surface area (Å²) in [4.78, 5) is 0. The normalized spacial score (nSPS) is 19.0. The van der Waals surface area contributed by atoms with Crippen LogP contribution in [0.25, 0.3) is 21.9 Å². The fraction of sp³-hybridized carbons (Fsp3) is 0.200. The Hall–Kier alpha value is -0.850. The van der Waals surface area contributed by atoms with Gasteiger partial charge in [-0.05, 0) is 0 Å². The van der Waals surface area contributed by atoms with Crippen LogP contribution in [0.15, 0.2) is 70.1 Å². The Morgan fingerprint density at radius 3 is 2.62 bits per heavy atom. The van der Waals surface area contributed by atoms with Crippen molar-refractivity contribution in [2.24, 2.45) is 0 Å². The molecule has 0 aliphatic heterocycles. The average molecular weight is 602 g/mol. The fourth-order valence-corrected chi connectivity index (χ4v) is 15.3. The summed E-state index contributed by atoms with van der Waals surface area (Å²) in [6.45, 7) is 0. The molecule has 0 nitrogen and oxygen atoms in total. The van der Waals surface area contributed by atoms with Crippen LogP contribution in [0.1, 0.15) is 38.5 Å². The van der Waals surface area contributed by atoms with Crippen molar-refractivity contribution in [3.63, 3.8) is 0 Å². The Morgan fingerprint density at radius 1 is 0.931 bits per heavy atom. The van der Waals surface area contributed by atoms with Gasteiger partial charge in [0.1, 0.15) is 0 Å². The molecule has 0 saturated heterocycles. The Balaban J connectivity index is 0.00000102. The number of benzene rings is 2. The van der Waals surface area contributed by atoms with Crippen molar-refractivity contribution in [3.8, 4) is 0 Å². The van der Waals surface area contributed by atoms with Gasteiger partial charge in [-0.2, -0.15) is 0 Å². The minimum absolute atomic E-state index is 0. The van der Waals surface area contributed by atoms with Crippen LogP contribution in [0, 0.1) is 0 Å². The quantitative estimate of drug-likeness (QED) is 0.398. The Morgan fingerprint density at radius 2 is 1.76 bits per heavy atom. The van der Waals surface area contributed by atoms with Crippen molar-refractivity contribution < 1.29 is 47.7 Å². The molecule has 1 aromatic heterocycles. The largest absolute Gasteiger partial charge is 1.00 e. The number of hydrogen-bond donors (Lipinski definition) is 0. The van der Waals surface area contributed by atoms with Gasteiger partial charge >= 0.3 is 174 Å². The van der Waals surface area contributed by atoms with Gasteiger partial charge in [0.15, 0.2) is 0 Å². The summed E-state index contributed by atoms with van der Waals surface area (Å²) in [7, 11) is -0.267. The van der Waals surface area contributed by atoms with E-state index in [-0.39, 0.29) is 32.3 Å². The summed E-state index contributed by atoms with van der Waals surface area (Å²) in [5, 5.41) is 6.85. The molecule has 4 heteroatoms. The summed E-state index contributed by atoms with van der Waals surface area (Å²) in [6.07, 6.45) is 14.9. The van der Waals surface area contributed by atoms with Gasteiger partial charge in [-0.1, -0.05) is 0 Å². The molecule has 0 saturated carbocycles. The Labute approximate surface area is 197 Å².